The number of rotatable bonds is 43. The van der Waals surface area contributed by atoms with Crippen LogP contribution in [0.15, 0.2) is 48.6 Å². The van der Waals surface area contributed by atoms with E-state index in [2.05, 4.69) is 69.4 Å². The van der Waals surface area contributed by atoms with Crippen molar-refractivity contribution in [3.63, 3.8) is 0 Å². The lowest BCUT2D eigenvalue weighted by molar-refractivity contribution is -0.167. The number of esters is 3. The molecule has 0 aromatic carbocycles. The van der Waals surface area contributed by atoms with Crippen LogP contribution in [0.1, 0.15) is 239 Å². The van der Waals surface area contributed by atoms with Crippen molar-refractivity contribution in [1.29, 1.82) is 0 Å². The van der Waals surface area contributed by atoms with Gasteiger partial charge in [-0.25, -0.2) is 0 Å². The summed E-state index contributed by atoms with van der Waals surface area (Å²) in [5, 5.41) is 0. The summed E-state index contributed by atoms with van der Waals surface area (Å²) in [7, 11) is 0. The molecule has 0 radical (unpaired) electrons. The monoisotopic (exact) mass is 799 g/mol. The fraction of sp³-hybridized carbons (Fsp3) is 0.784. The number of carbonyl (C=O) groups excluding carboxylic acids is 3. The van der Waals surface area contributed by atoms with Gasteiger partial charge in [0.1, 0.15) is 13.2 Å². The molecule has 0 aromatic rings. The van der Waals surface area contributed by atoms with E-state index in [1.165, 1.54) is 103 Å². The fourth-order valence-corrected chi connectivity index (χ4v) is 6.56. The third-order valence-electron chi connectivity index (χ3n) is 10.3. The molecule has 0 saturated heterocycles. The molecule has 1 atom stereocenters. The van der Waals surface area contributed by atoms with Crippen molar-refractivity contribution in [3.05, 3.63) is 48.6 Å². The summed E-state index contributed by atoms with van der Waals surface area (Å²) >= 11 is 0. The summed E-state index contributed by atoms with van der Waals surface area (Å²) in [4.78, 5) is 37.8. The van der Waals surface area contributed by atoms with Gasteiger partial charge in [0.05, 0.1) is 0 Å². The molecule has 0 amide bonds. The number of hydrogen-bond acceptors (Lipinski definition) is 6. The molecule has 0 spiro atoms. The van der Waals surface area contributed by atoms with Gasteiger partial charge in [-0.1, -0.05) is 172 Å². The van der Waals surface area contributed by atoms with Crippen molar-refractivity contribution in [1.82, 2.24) is 0 Å². The van der Waals surface area contributed by atoms with E-state index in [0.29, 0.717) is 19.3 Å². The van der Waals surface area contributed by atoms with Crippen LogP contribution in [-0.4, -0.2) is 37.2 Å². The van der Waals surface area contributed by atoms with Gasteiger partial charge in [-0.15, -0.1) is 0 Å². The maximum atomic E-state index is 12.7. The first kappa shape index (κ1) is 54.4. The first-order chi connectivity index (χ1) is 28.0. The van der Waals surface area contributed by atoms with Gasteiger partial charge in [-0.3, -0.25) is 14.4 Å². The van der Waals surface area contributed by atoms with E-state index in [1.54, 1.807) is 0 Å². The summed E-state index contributed by atoms with van der Waals surface area (Å²) in [5.74, 6) is -0.916. The predicted octanol–water partition coefficient (Wildman–Crippen LogP) is 15.5. The lowest BCUT2D eigenvalue weighted by atomic mass is 10.1. The largest absolute Gasteiger partial charge is 0.462 e. The number of unbranched alkanes of at least 4 members (excludes halogenated alkanes) is 24. The smallest absolute Gasteiger partial charge is 0.306 e. The Kier molecular flexibility index (Phi) is 43.9. The molecule has 6 heteroatoms. The second kappa shape index (κ2) is 46.1. The maximum absolute atomic E-state index is 12.7. The van der Waals surface area contributed by atoms with Crippen molar-refractivity contribution in [3.8, 4) is 0 Å². The average molecular weight is 799 g/mol. The minimum atomic E-state index is -0.783. The third-order valence-corrected chi connectivity index (χ3v) is 10.3. The highest BCUT2D eigenvalue weighted by Gasteiger charge is 2.19. The first-order valence-electron chi connectivity index (χ1n) is 24.1. The Bertz CT molecular complexity index is 1010. The third kappa shape index (κ3) is 44.3. The fourth-order valence-electron chi connectivity index (χ4n) is 6.56. The van der Waals surface area contributed by atoms with Gasteiger partial charge in [0.25, 0.3) is 0 Å². The molecule has 0 saturated carbocycles. The van der Waals surface area contributed by atoms with Crippen LogP contribution in [0.3, 0.4) is 0 Å². The van der Waals surface area contributed by atoms with Crippen LogP contribution in [0.5, 0.6) is 0 Å². The van der Waals surface area contributed by atoms with Crippen LogP contribution in [0.4, 0.5) is 0 Å². The van der Waals surface area contributed by atoms with Gasteiger partial charge in [0.2, 0.25) is 0 Å². The molecule has 57 heavy (non-hydrogen) atoms. The molecule has 0 N–H and O–H groups in total. The lowest BCUT2D eigenvalue weighted by Crippen LogP contribution is -2.30. The zero-order valence-corrected chi connectivity index (χ0v) is 37.6. The molecule has 6 nitrogen and oxygen atoms in total. The zero-order valence-electron chi connectivity index (χ0n) is 37.6. The van der Waals surface area contributed by atoms with E-state index in [0.717, 1.165) is 96.3 Å². The first-order valence-corrected chi connectivity index (χ1v) is 24.1. The van der Waals surface area contributed by atoms with Crippen LogP contribution < -0.4 is 0 Å². The van der Waals surface area contributed by atoms with Crippen LogP contribution >= 0.6 is 0 Å². The highest BCUT2D eigenvalue weighted by Crippen LogP contribution is 2.13. The lowest BCUT2D eigenvalue weighted by Gasteiger charge is -2.18. The molecule has 0 fully saturated rings. The second-order valence-corrected chi connectivity index (χ2v) is 16.0. The number of ether oxygens (including phenoxy) is 3. The zero-order chi connectivity index (χ0) is 41.5. The van der Waals surface area contributed by atoms with Crippen molar-refractivity contribution in [2.45, 2.75) is 245 Å². The standard InChI is InChI=1S/C51H90O6/c1-4-7-10-13-16-19-22-24-25-27-30-32-35-38-41-44-50(53)56-47-48(57-51(54)45-42-39-36-33-28-21-18-15-12-9-6-3)46-55-49(52)43-40-37-34-31-29-26-23-20-17-14-11-8-5-2/h15-16,18-20,23-25,48H,4-14,17,21-22,26-47H2,1-3H3/b18-15-,19-16-,23-20-,25-24-/t48-/m0/s1. The Labute approximate surface area is 352 Å². The molecule has 0 aliphatic rings. The normalized spacial score (nSPS) is 12.4. The summed E-state index contributed by atoms with van der Waals surface area (Å²) in [6, 6.07) is 0. The van der Waals surface area contributed by atoms with Crippen molar-refractivity contribution >= 4 is 17.9 Å². The number of allylic oxidation sites excluding steroid dienone is 8. The minimum Gasteiger partial charge on any atom is -0.462 e. The van der Waals surface area contributed by atoms with E-state index in [-0.39, 0.29) is 31.1 Å². The van der Waals surface area contributed by atoms with Gasteiger partial charge in [0.15, 0.2) is 6.10 Å². The van der Waals surface area contributed by atoms with Gasteiger partial charge in [-0.2, -0.15) is 0 Å². The van der Waals surface area contributed by atoms with Crippen molar-refractivity contribution in [2.75, 3.05) is 13.2 Å². The van der Waals surface area contributed by atoms with E-state index in [9.17, 15) is 14.4 Å². The van der Waals surface area contributed by atoms with E-state index in [1.807, 2.05) is 0 Å². The topological polar surface area (TPSA) is 78.9 Å². The Morgan fingerprint density at radius 2 is 0.649 bits per heavy atom. The summed E-state index contributed by atoms with van der Waals surface area (Å²) < 4.78 is 16.7. The van der Waals surface area contributed by atoms with Crippen LogP contribution in [0.25, 0.3) is 0 Å². The van der Waals surface area contributed by atoms with Crippen molar-refractivity contribution in [2.24, 2.45) is 0 Å². The van der Waals surface area contributed by atoms with Crippen molar-refractivity contribution < 1.29 is 28.6 Å². The summed E-state index contributed by atoms with van der Waals surface area (Å²) in [6.45, 7) is 6.53. The van der Waals surface area contributed by atoms with E-state index in [4.69, 9.17) is 14.2 Å². The Balaban J connectivity index is 4.40. The Hall–Kier alpha value is -2.63. The van der Waals surface area contributed by atoms with Crippen LogP contribution in [0, 0.1) is 0 Å². The van der Waals surface area contributed by atoms with Gasteiger partial charge in [-0.05, 0) is 96.3 Å². The summed E-state index contributed by atoms with van der Waals surface area (Å²) in [5.41, 5.74) is 0. The molecule has 0 unspecified atom stereocenters. The summed E-state index contributed by atoms with van der Waals surface area (Å²) in [6.07, 6.45) is 53.7. The van der Waals surface area contributed by atoms with Gasteiger partial charge in [0, 0.05) is 19.3 Å². The highest BCUT2D eigenvalue weighted by molar-refractivity contribution is 5.71. The molecule has 0 aliphatic heterocycles. The predicted molar refractivity (Wildman–Crippen MR) is 242 cm³/mol. The molecule has 330 valence electrons. The molecule has 0 rings (SSSR count). The average Bonchev–Trinajstić information content (AvgIpc) is 3.21. The molecule has 0 heterocycles. The SMILES string of the molecule is CCCC/C=C\CCCCCCCC(=O)O[C@H](COC(=O)CCCCCCC/C=C\C/C=C\CCCCC)COC(=O)CCCCCCC/C=C\CCCCCC. The Morgan fingerprint density at radius 1 is 0.351 bits per heavy atom. The number of hydrogen-bond donors (Lipinski definition) is 0. The van der Waals surface area contributed by atoms with Gasteiger partial charge < -0.3 is 14.2 Å². The maximum Gasteiger partial charge on any atom is 0.306 e. The van der Waals surface area contributed by atoms with Crippen LogP contribution in [-0.2, 0) is 28.6 Å². The second-order valence-electron chi connectivity index (χ2n) is 16.0. The molecule has 0 aliphatic carbocycles. The molecule has 0 bridgehead atoms. The van der Waals surface area contributed by atoms with Crippen LogP contribution in [0.2, 0.25) is 0 Å². The quantitative estimate of drug-likeness (QED) is 0.0265. The number of carbonyl (C=O) groups is 3. The molecule has 0 aromatic heterocycles. The van der Waals surface area contributed by atoms with E-state index >= 15 is 0 Å². The highest BCUT2D eigenvalue weighted by atomic mass is 16.6. The Morgan fingerprint density at radius 3 is 1.07 bits per heavy atom. The molecular weight excluding hydrogens is 709 g/mol. The minimum absolute atomic E-state index is 0.0852. The molecular formula is C51H90O6. The van der Waals surface area contributed by atoms with Gasteiger partial charge >= 0.3 is 17.9 Å². The van der Waals surface area contributed by atoms with E-state index < -0.39 is 6.10 Å².